The molecule has 0 aliphatic carbocycles. The number of nitrogen functional groups attached to an aromatic ring is 2. The number of aromatic amines is 1. The highest BCUT2D eigenvalue weighted by Gasteiger charge is 2.51. The van der Waals surface area contributed by atoms with Gasteiger partial charge in [0.05, 0.1) is 31.6 Å². The number of aromatic nitrogens is 9. The number of nitrogens with zero attached hydrogens (tertiary/aromatic N) is 8. The highest BCUT2D eigenvalue weighted by Crippen LogP contribution is 2.58. The Labute approximate surface area is 262 Å². The minimum absolute atomic E-state index is 0.0996. The molecule has 0 amide bonds. The number of aliphatic hydroxyl groups is 1. The minimum atomic E-state index is -4.32. The molecule has 2 aliphatic rings. The zero-order chi connectivity index (χ0) is 32.1. The second-order valence-corrected chi connectivity index (χ2v) is 14.9. The number of hydrogen-bond acceptors (Lipinski definition) is 17. The van der Waals surface area contributed by atoms with Crippen molar-refractivity contribution in [1.29, 1.82) is 0 Å². The van der Waals surface area contributed by atoms with Crippen molar-refractivity contribution in [3.63, 3.8) is 0 Å². The predicted molar refractivity (Wildman–Crippen MR) is 159 cm³/mol. The first-order chi connectivity index (χ1) is 21.4. The van der Waals surface area contributed by atoms with E-state index in [1.807, 2.05) is 0 Å². The van der Waals surface area contributed by atoms with Crippen molar-refractivity contribution in [1.82, 2.24) is 44.5 Å². The average Bonchev–Trinajstić information content (AvgIpc) is 3.76. The number of aliphatic hydroxyl groups excluding tert-OH is 1. The molecule has 0 saturated carbocycles. The molecule has 244 valence electrons. The molecule has 20 nitrogen and oxygen atoms in total. The van der Waals surface area contributed by atoms with E-state index in [1.54, 1.807) is 0 Å². The van der Waals surface area contributed by atoms with Crippen molar-refractivity contribution in [2.24, 2.45) is 0 Å². The van der Waals surface area contributed by atoms with E-state index in [1.165, 1.54) is 17.0 Å². The molecule has 2 unspecified atom stereocenters. The van der Waals surface area contributed by atoms with Crippen LogP contribution in [0.5, 0.6) is 0 Å². The van der Waals surface area contributed by atoms with E-state index in [2.05, 4.69) is 59.8 Å². The lowest BCUT2D eigenvalue weighted by Gasteiger charge is -2.24. The number of anilines is 2. The molecule has 25 heteroatoms. The van der Waals surface area contributed by atoms with Crippen LogP contribution in [0.2, 0.25) is 0 Å². The van der Waals surface area contributed by atoms with E-state index in [0.29, 0.717) is 11.2 Å². The van der Waals surface area contributed by atoms with E-state index in [-0.39, 0.29) is 35.9 Å². The fourth-order valence-electron chi connectivity index (χ4n) is 5.17. The van der Waals surface area contributed by atoms with Crippen molar-refractivity contribution >= 4 is 67.2 Å². The maximum absolute atomic E-state index is 14.1. The van der Waals surface area contributed by atoms with Gasteiger partial charge in [-0.15, -0.1) is 5.10 Å². The zero-order valence-electron chi connectivity index (χ0n) is 22.7. The Kier molecular flexibility index (Phi) is 8.93. The summed E-state index contributed by atoms with van der Waals surface area (Å²) >= 11 is 7.96. The second-order valence-electron chi connectivity index (χ2n) is 10.1. The van der Waals surface area contributed by atoms with Gasteiger partial charge >= 0.3 is 6.80 Å². The molecule has 8 atom stereocenters. The van der Waals surface area contributed by atoms with Gasteiger partial charge in [0, 0.05) is 18.4 Å². The van der Waals surface area contributed by atoms with E-state index in [0.717, 1.165) is 4.68 Å². The molecule has 2 saturated heterocycles. The molecule has 45 heavy (non-hydrogen) atoms. The van der Waals surface area contributed by atoms with E-state index >= 15 is 0 Å². The summed E-state index contributed by atoms with van der Waals surface area (Å²) in [7, 11) is -2.74. The Morgan fingerprint density at radius 1 is 1.31 bits per heavy atom. The summed E-state index contributed by atoms with van der Waals surface area (Å²) in [5.74, 6) is -0.160. The van der Waals surface area contributed by atoms with E-state index in [9.17, 15) is 23.4 Å². The van der Waals surface area contributed by atoms with Gasteiger partial charge in [-0.1, -0.05) is 29.7 Å². The fourth-order valence-corrected chi connectivity index (χ4v) is 7.56. The largest absolute Gasteiger partial charge is 0.393 e. The fraction of sp³-hybridized carbons (Fsp3) is 0.550. The first-order valence-corrected chi connectivity index (χ1v) is 18.3. The third kappa shape index (κ3) is 6.33. The van der Waals surface area contributed by atoms with Gasteiger partial charge in [-0.25, -0.2) is 18.9 Å². The quantitative estimate of drug-likeness (QED) is 0.0909. The van der Waals surface area contributed by atoms with Crippen LogP contribution in [0, 0.1) is 0 Å². The van der Waals surface area contributed by atoms with Crippen LogP contribution in [-0.4, -0.2) is 93.5 Å². The number of H-pyrrole nitrogens is 1. The van der Waals surface area contributed by atoms with Gasteiger partial charge in [0.15, 0.2) is 23.0 Å². The molecule has 2 aliphatic heterocycles. The van der Waals surface area contributed by atoms with Crippen LogP contribution >= 0.6 is 38.5 Å². The predicted octanol–water partition coefficient (Wildman–Crippen LogP) is 0.411. The van der Waals surface area contributed by atoms with Crippen LogP contribution in [-0.2, 0) is 32.2 Å². The Balaban J connectivity index is 1.21. The summed E-state index contributed by atoms with van der Waals surface area (Å²) in [6, 6.07) is 0. The summed E-state index contributed by atoms with van der Waals surface area (Å²) in [5.41, 5.74) is 9.61. The van der Waals surface area contributed by atoms with Crippen molar-refractivity contribution in [2.75, 3.05) is 31.4 Å². The standard InChI is InChI=1S/C20H26FN11O9P2S2/c21-5-20(6-33)2-11(17(39-20)31-15-13(29-30-31)16(34)28-18(22)27-15)41-43(36,45)37-4-12-10(40-42(35)44)1-9(38-12)8-3-26-32-14(8)24-7-25-19(32)23/h3,7,9-12,17,33,42H,1-2,4-6H2,(H,35,44)(H,36,45)(H2,23,24,25)(H3,22,27,28,34)/t9-,10+,11-,12-,17-,20-,43?/m1/s1. The first-order valence-electron chi connectivity index (χ1n) is 13.0. The topological polar surface area (TPSA) is 272 Å². The van der Waals surface area contributed by atoms with E-state index < -0.39 is 75.7 Å². The normalized spacial score (nSPS) is 29.0. The lowest BCUT2D eigenvalue weighted by atomic mass is 10.0. The summed E-state index contributed by atoms with van der Waals surface area (Å²) in [4.78, 5) is 26.6. The summed E-state index contributed by atoms with van der Waals surface area (Å²) in [5, 5.41) is 21.7. The number of nitrogens with two attached hydrogens (primary N) is 2. The van der Waals surface area contributed by atoms with Gasteiger partial charge in [-0.2, -0.15) is 19.3 Å². The monoisotopic (exact) mass is 709 g/mol. The van der Waals surface area contributed by atoms with Gasteiger partial charge in [0.25, 0.3) is 5.56 Å². The third-order valence-electron chi connectivity index (χ3n) is 7.22. The number of halogens is 1. The molecular weight excluding hydrogens is 683 g/mol. The van der Waals surface area contributed by atoms with E-state index in [4.69, 9.17) is 34.5 Å². The lowest BCUT2D eigenvalue weighted by Crippen LogP contribution is -2.36. The number of rotatable bonds is 11. The molecule has 6 rings (SSSR count). The smallest absolute Gasteiger partial charge is 0.386 e. The first kappa shape index (κ1) is 32.2. The Bertz CT molecular complexity index is 1860. The molecule has 0 aromatic carbocycles. The van der Waals surface area contributed by atoms with Gasteiger partial charge in [0.2, 0.25) is 19.1 Å². The molecular formula is C20H26FN11O9P2S2. The molecule has 6 heterocycles. The number of alkyl halides is 1. The Hall–Kier alpha value is -2.72. The van der Waals surface area contributed by atoms with Crippen LogP contribution in [0.4, 0.5) is 16.3 Å². The molecule has 0 radical (unpaired) electrons. The van der Waals surface area contributed by atoms with Gasteiger partial charge in [0.1, 0.15) is 30.8 Å². The second kappa shape index (κ2) is 12.5. The Morgan fingerprint density at radius 3 is 2.84 bits per heavy atom. The number of fused-ring (bicyclic) bond motifs is 2. The average molecular weight is 710 g/mol. The Morgan fingerprint density at radius 2 is 2.11 bits per heavy atom. The molecule has 0 spiro atoms. The zero-order valence-corrected chi connectivity index (χ0v) is 26.4. The third-order valence-corrected chi connectivity index (χ3v) is 9.68. The summed E-state index contributed by atoms with van der Waals surface area (Å²) in [6.07, 6.45) is -2.52. The maximum atomic E-state index is 14.1. The molecule has 6 N–H and O–H groups in total. The molecule has 0 bridgehead atoms. The maximum Gasteiger partial charge on any atom is 0.386 e. The van der Waals surface area contributed by atoms with Crippen LogP contribution in [0.15, 0.2) is 17.3 Å². The number of thiol groups is 2. The molecule has 4 aromatic rings. The van der Waals surface area contributed by atoms with Gasteiger partial charge in [-0.05, 0) is 0 Å². The molecule has 4 aromatic heterocycles. The van der Waals surface area contributed by atoms with Gasteiger partial charge in [-0.3, -0.25) is 23.4 Å². The minimum Gasteiger partial charge on any atom is -0.393 e. The van der Waals surface area contributed by atoms with Crippen molar-refractivity contribution in [3.8, 4) is 0 Å². The van der Waals surface area contributed by atoms with Crippen LogP contribution in [0.25, 0.3) is 16.8 Å². The van der Waals surface area contributed by atoms with Crippen LogP contribution < -0.4 is 17.0 Å². The highest BCUT2D eigenvalue weighted by atomic mass is 32.7. The van der Waals surface area contributed by atoms with Crippen LogP contribution in [0.3, 0.4) is 0 Å². The van der Waals surface area contributed by atoms with Gasteiger partial charge < -0.3 is 30.6 Å². The number of nitrogens with one attached hydrogen (secondary N) is 1. The molecule has 2 fully saturated rings. The summed E-state index contributed by atoms with van der Waals surface area (Å²) in [6.45, 7) is -6.67. The van der Waals surface area contributed by atoms with Crippen molar-refractivity contribution in [3.05, 3.63) is 28.4 Å². The highest BCUT2D eigenvalue weighted by molar-refractivity contribution is 8.44. The van der Waals surface area contributed by atoms with Crippen molar-refractivity contribution < 1.29 is 41.7 Å². The van der Waals surface area contributed by atoms with Crippen molar-refractivity contribution in [2.45, 2.75) is 49.1 Å². The summed E-state index contributed by atoms with van der Waals surface area (Å²) < 4.78 is 70.4. The SMILES string of the molecule is Nc1nc2c(nnn2[C@@H]2O[C@@](CO)(CF)C[C@H]2OP(=O)(S)OC[C@H]2O[C@@H](c3cnn4c(N)ncnc34)C[C@@H]2O[PH](=O)S)c(=O)[nH]1. The number of hydrogen-bond donors (Lipinski definition) is 6. The lowest BCUT2D eigenvalue weighted by molar-refractivity contribution is -0.119. The van der Waals surface area contributed by atoms with Crippen LogP contribution in [0.1, 0.15) is 30.7 Å². The number of ether oxygens (including phenoxy) is 2.